The van der Waals surface area contributed by atoms with Crippen LogP contribution >= 0.6 is 0 Å². The molecule has 1 rings (SSSR count). The van der Waals surface area contributed by atoms with Crippen LogP contribution in [0.1, 0.15) is 19.4 Å². The predicted octanol–water partition coefficient (Wildman–Crippen LogP) is 0.642. The van der Waals surface area contributed by atoms with Crippen molar-refractivity contribution >= 4 is 12.0 Å². The molecule has 0 spiro atoms. The number of carbonyl (C=O) groups excluding carboxylic acids is 1. The van der Waals surface area contributed by atoms with Crippen LogP contribution in [0.25, 0.3) is 0 Å². The topological polar surface area (TPSA) is 108 Å². The van der Waals surface area contributed by atoms with Gasteiger partial charge in [0.1, 0.15) is 0 Å². The van der Waals surface area contributed by atoms with E-state index < -0.39 is 23.6 Å². The molecule has 4 N–H and O–H groups in total. The van der Waals surface area contributed by atoms with Crippen LogP contribution in [0.4, 0.5) is 4.79 Å². The first kappa shape index (κ1) is 15.9. The lowest BCUT2D eigenvalue weighted by Crippen LogP contribution is -2.57. The van der Waals surface area contributed by atoms with E-state index in [2.05, 4.69) is 5.48 Å². The third kappa shape index (κ3) is 4.52. The number of amides is 2. The maximum atomic E-state index is 11.8. The van der Waals surface area contributed by atoms with E-state index in [0.717, 1.165) is 5.56 Å². The van der Waals surface area contributed by atoms with E-state index in [1.54, 1.807) is 0 Å². The maximum absolute atomic E-state index is 11.8. The Kier molecular flexibility index (Phi) is 5.48. The van der Waals surface area contributed by atoms with Crippen LogP contribution in [0.2, 0.25) is 0 Å². The average molecular weight is 282 g/mol. The zero-order valence-corrected chi connectivity index (χ0v) is 11.3. The summed E-state index contributed by atoms with van der Waals surface area (Å²) in [5.74, 6) is -0.824. The molecule has 20 heavy (non-hydrogen) atoms. The van der Waals surface area contributed by atoms with Crippen molar-refractivity contribution in [2.45, 2.75) is 32.1 Å². The monoisotopic (exact) mass is 282 g/mol. The van der Waals surface area contributed by atoms with E-state index >= 15 is 0 Å². The summed E-state index contributed by atoms with van der Waals surface area (Å²) >= 11 is 0. The van der Waals surface area contributed by atoms with Crippen LogP contribution in [-0.4, -0.2) is 33.9 Å². The smallest absolute Gasteiger partial charge is 0.404 e. The fourth-order valence-electron chi connectivity index (χ4n) is 1.38. The fourth-order valence-corrected chi connectivity index (χ4v) is 1.38. The van der Waals surface area contributed by atoms with Gasteiger partial charge in [0.25, 0.3) is 5.91 Å². The van der Waals surface area contributed by atoms with Gasteiger partial charge in [-0.1, -0.05) is 30.3 Å². The molecule has 0 heterocycles. The highest BCUT2D eigenvalue weighted by Crippen LogP contribution is 2.10. The second-order valence-electron chi connectivity index (χ2n) is 4.52. The van der Waals surface area contributed by atoms with Crippen molar-refractivity contribution in [3.05, 3.63) is 35.9 Å². The zero-order chi connectivity index (χ0) is 15.2. The van der Waals surface area contributed by atoms with E-state index in [1.807, 2.05) is 35.6 Å². The molecule has 0 saturated heterocycles. The van der Waals surface area contributed by atoms with Crippen LogP contribution in [0.15, 0.2) is 30.3 Å². The summed E-state index contributed by atoms with van der Waals surface area (Å²) in [6.45, 7) is 2.73. The number of hydroxylamine groups is 1. The largest absolute Gasteiger partial charge is 0.465 e. The van der Waals surface area contributed by atoms with Gasteiger partial charge >= 0.3 is 6.09 Å². The van der Waals surface area contributed by atoms with Gasteiger partial charge in [0.2, 0.25) is 0 Å². The molecule has 7 heteroatoms. The van der Waals surface area contributed by atoms with Crippen molar-refractivity contribution in [3.63, 3.8) is 0 Å². The maximum Gasteiger partial charge on any atom is 0.404 e. The van der Waals surface area contributed by atoms with Crippen LogP contribution in [0.3, 0.4) is 0 Å². The Morgan fingerprint density at radius 1 is 1.35 bits per heavy atom. The van der Waals surface area contributed by atoms with Crippen molar-refractivity contribution in [3.8, 4) is 0 Å². The number of benzene rings is 1. The zero-order valence-electron chi connectivity index (χ0n) is 11.3. The number of hydrogen-bond acceptors (Lipinski definition) is 4. The first-order valence-corrected chi connectivity index (χ1v) is 6.02. The summed E-state index contributed by atoms with van der Waals surface area (Å²) in [6, 6.07) is 8.16. The Bertz CT molecular complexity index is 461. The lowest BCUT2D eigenvalue weighted by Gasteiger charge is -2.28. The lowest BCUT2D eigenvalue weighted by atomic mass is 9.97. The number of nitrogens with one attached hydrogen (secondary N) is 2. The van der Waals surface area contributed by atoms with Gasteiger partial charge < -0.3 is 15.5 Å². The minimum atomic E-state index is -1.92. The molecule has 0 aliphatic carbocycles. The van der Waals surface area contributed by atoms with E-state index in [4.69, 9.17) is 9.94 Å². The Balaban J connectivity index is 2.46. The van der Waals surface area contributed by atoms with Gasteiger partial charge in [-0.15, -0.1) is 0 Å². The van der Waals surface area contributed by atoms with Crippen LogP contribution in [0, 0.1) is 0 Å². The van der Waals surface area contributed by atoms with E-state index in [1.165, 1.54) is 13.8 Å². The molecule has 0 aromatic heterocycles. The molecule has 110 valence electrons. The highest BCUT2D eigenvalue weighted by molar-refractivity contribution is 5.85. The van der Waals surface area contributed by atoms with Gasteiger partial charge in [-0.2, -0.15) is 0 Å². The van der Waals surface area contributed by atoms with Crippen molar-refractivity contribution in [2.24, 2.45) is 0 Å². The Labute approximate surface area is 116 Å². The van der Waals surface area contributed by atoms with Gasteiger partial charge in [0, 0.05) is 0 Å². The quantitative estimate of drug-likeness (QED) is 0.573. The van der Waals surface area contributed by atoms with Gasteiger partial charge in [0.15, 0.2) is 5.60 Å². The summed E-state index contributed by atoms with van der Waals surface area (Å²) in [6.07, 6.45) is -1.32. The summed E-state index contributed by atoms with van der Waals surface area (Å²) in [7, 11) is 0. The number of hydrogen-bond donors (Lipinski definition) is 4. The van der Waals surface area contributed by atoms with Crippen LogP contribution in [-0.2, 0) is 16.2 Å². The highest BCUT2D eigenvalue weighted by Gasteiger charge is 2.37. The first-order chi connectivity index (χ1) is 9.34. The van der Waals surface area contributed by atoms with E-state index in [-0.39, 0.29) is 6.61 Å². The van der Waals surface area contributed by atoms with Crippen molar-refractivity contribution < 1.29 is 24.6 Å². The van der Waals surface area contributed by atoms with Crippen LogP contribution in [0.5, 0.6) is 0 Å². The minimum Gasteiger partial charge on any atom is -0.465 e. The first-order valence-electron chi connectivity index (χ1n) is 6.02. The molecular weight excluding hydrogens is 264 g/mol. The lowest BCUT2D eigenvalue weighted by molar-refractivity contribution is -0.154. The third-order valence-electron chi connectivity index (χ3n) is 2.89. The molecule has 1 unspecified atom stereocenters. The molecule has 0 aliphatic heterocycles. The Morgan fingerprint density at radius 2 is 1.95 bits per heavy atom. The molecule has 0 radical (unpaired) electrons. The molecular formula is C13H18N2O5. The third-order valence-corrected chi connectivity index (χ3v) is 2.89. The summed E-state index contributed by atoms with van der Waals surface area (Å²) in [4.78, 5) is 27.2. The van der Waals surface area contributed by atoms with Gasteiger partial charge in [-0.3, -0.25) is 9.63 Å². The Morgan fingerprint density at radius 3 is 2.50 bits per heavy atom. The molecule has 1 aromatic rings. The summed E-state index contributed by atoms with van der Waals surface area (Å²) < 4.78 is 0. The van der Waals surface area contributed by atoms with Gasteiger partial charge in [0.05, 0.1) is 12.6 Å². The number of carboxylic acid groups (broad SMARTS) is 1. The average Bonchev–Trinajstić information content (AvgIpc) is 2.39. The Hall–Kier alpha value is -2.12. The van der Waals surface area contributed by atoms with Gasteiger partial charge in [-0.05, 0) is 19.4 Å². The van der Waals surface area contributed by atoms with Crippen molar-refractivity contribution in [2.75, 3.05) is 0 Å². The highest BCUT2D eigenvalue weighted by atomic mass is 16.7. The standard InChI is InChI=1S/C13H18N2O5/c1-9(14-12(17)18)13(2,19)11(16)15-20-8-10-6-4-3-5-7-10/h3-7,9,14,19H,8H2,1-2H3,(H,15,16)(H,17,18)/t9?,13-/m0/s1. The fraction of sp³-hybridized carbons (Fsp3) is 0.385. The molecule has 0 bridgehead atoms. The second kappa shape index (κ2) is 6.88. The molecule has 2 amide bonds. The summed E-state index contributed by atoms with van der Waals surface area (Å²) in [5.41, 5.74) is 1.03. The molecule has 2 atom stereocenters. The minimum absolute atomic E-state index is 0.142. The molecule has 1 aromatic carbocycles. The number of carbonyl (C=O) groups is 2. The second-order valence-corrected chi connectivity index (χ2v) is 4.52. The SMILES string of the molecule is CC(NC(=O)O)[C@](C)(O)C(=O)NOCc1ccccc1. The van der Waals surface area contributed by atoms with Crippen molar-refractivity contribution in [1.29, 1.82) is 0 Å². The van der Waals surface area contributed by atoms with Gasteiger partial charge in [-0.25, -0.2) is 10.3 Å². The van der Waals surface area contributed by atoms with Crippen molar-refractivity contribution in [1.82, 2.24) is 10.8 Å². The molecule has 0 saturated carbocycles. The normalized spacial score (nSPS) is 14.9. The van der Waals surface area contributed by atoms with E-state index in [9.17, 15) is 14.7 Å². The molecule has 0 fully saturated rings. The number of rotatable bonds is 6. The molecule has 7 nitrogen and oxygen atoms in total. The number of aliphatic hydroxyl groups is 1. The van der Waals surface area contributed by atoms with Crippen LogP contribution < -0.4 is 10.8 Å². The molecule has 0 aliphatic rings. The van der Waals surface area contributed by atoms with E-state index in [0.29, 0.717) is 0 Å². The predicted molar refractivity (Wildman–Crippen MR) is 70.6 cm³/mol. The summed E-state index contributed by atoms with van der Waals surface area (Å²) in [5, 5.41) is 20.6.